The highest BCUT2D eigenvalue weighted by Gasteiger charge is 2.33. The zero-order chi connectivity index (χ0) is 16.4. The van der Waals surface area contributed by atoms with Gasteiger partial charge in [0.2, 0.25) is 0 Å². The van der Waals surface area contributed by atoms with E-state index in [0.29, 0.717) is 10.9 Å². The average Bonchev–Trinajstić information content (AvgIpc) is 3.38. The molecule has 5 heteroatoms. The lowest BCUT2D eigenvalue weighted by molar-refractivity contribution is 0.0931. The van der Waals surface area contributed by atoms with Crippen molar-refractivity contribution in [3.63, 3.8) is 0 Å². The van der Waals surface area contributed by atoms with Crippen molar-refractivity contribution >= 4 is 17.5 Å². The van der Waals surface area contributed by atoms with Gasteiger partial charge in [0.15, 0.2) is 11.6 Å². The predicted molar refractivity (Wildman–Crippen MR) is 87.3 cm³/mol. The van der Waals surface area contributed by atoms with Gasteiger partial charge >= 0.3 is 0 Å². The Bertz CT molecular complexity index is 713. The zero-order valence-corrected chi connectivity index (χ0v) is 13.4. The summed E-state index contributed by atoms with van der Waals surface area (Å²) in [6.07, 6.45) is 2.15. The van der Waals surface area contributed by atoms with Gasteiger partial charge in [-0.2, -0.15) is 0 Å². The average molecular weight is 334 g/mol. The number of nitrogens with one attached hydrogen (secondary N) is 1. The maximum Gasteiger partial charge on any atom is 0.251 e. The molecule has 0 spiro atoms. The molecule has 0 unspecified atom stereocenters. The highest BCUT2D eigenvalue weighted by atomic mass is 35.5. The lowest BCUT2D eigenvalue weighted by Crippen LogP contribution is -2.30. The van der Waals surface area contributed by atoms with Crippen LogP contribution in [0.5, 0.6) is 5.75 Å². The smallest absolute Gasteiger partial charge is 0.251 e. The molecule has 0 heterocycles. The molecular weight excluding hydrogens is 317 g/mol. The quantitative estimate of drug-likeness (QED) is 0.882. The van der Waals surface area contributed by atoms with Crippen LogP contribution in [0.25, 0.3) is 0 Å². The molecule has 0 saturated heterocycles. The number of carbonyl (C=O) groups excluding carboxylic acids is 1. The Kier molecular flexibility index (Phi) is 4.53. The van der Waals surface area contributed by atoms with E-state index in [1.807, 2.05) is 24.3 Å². The molecule has 2 aromatic carbocycles. The van der Waals surface area contributed by atoms with Crippen molar-refractivity contribution in [1.82, 2.24) is 5.32 Å². The van der Waals surface area contributed by atoms with Crippen LogP contribution < -0.4 is 10.1 Å². The number of methoxy groups -OCH3 is 1. The fourth-order valence-corrected chi connectivity index (χ4v) is 2.73. The molecule has 0 radical (unpaired) electrons. The Labute approximate surface area is 139 Å². The molecule has 0 aliphatic heterocycles. The van der Waals surface area contributed by atoms with Gasteiger partial charge in [-0.05, 0) is 54.7 Å². The molecule has 1 atom stereocenters. The van der Waals surface area contributed by atoms with Crippen LogP contribution in [0.1, 0.15) is 34.8 Å². The van der Waals surface area contributed by atoms with E-state index in [2.05, 4.69) is 5.32 Å². The zero-order valence-electron chi connectivity index (χ0n) is 12.7. The second kappa shape index (κ2) is 6.59. The lowest BCUT2D eigenvalue weighted by atomic mass is 10.0. The van der Waals surface area contributed by atoms with Crippen LogP contribution in [0, 0.1) is 11.7 Å². The van der Waals surface area contributed by atoms with E-state index in [9.17, 15) is 9.18 Å². The Morgan fingerprint density at radius 1 is 1.26 bits per heavy atom. The summed E-state index contributed by atoms with van der Waals surface area (Å²) < 4.78 is 18.6. The van der Waals surface area contributed by atoms with Crippen molar-refractivity contribution in [2.45, 2.75) is 18.9 Å². The van der Waals surface area contributed by atoms with Crippen LogP contribution >= 0.6 is 11.6 Å². The van der Waals surface area contributed by atoms with E-state index < -0.39 is 5.82 Å². The number of carbonyl (C=O) groups is 1. The van der Waals surface area contributed by atoms with Gasteiger partial charge < -0.3 is 10.1 Å². The van der Waals surface area contributed by atoms with Crippen LogP contribution in [0.4, 0.5) is 4.39 Å². The van der Waals surface area contributed by atoms with Crippen LogP contribution in [-0.4, -0.2) is 13.0 Å². The highest BCUT2D eigenvalue weighted by Crippen LogP contribution is 2.41. The van der Waals surface area contributed by atoms with Crippen LogP contribution in [-0.2, 0) is 0 Å². The molecule has 1 N–H and O–H groups in total. The number of amides is 1. The minimum atomic E-state index is -0.547. The third-order valence-electron chi connectivity index (χ3n) is 4.02. The molecule has 3 nitrogen and oxygen atoms in total. The van der Waals surface area contributed by atoms with Gasteiger partial charge in [-0.3, -0.25) is 4.79 Å². The number of rotatable bonds is 5. The Morgan fingerprint density at radius 2 is 1.96 bits per heavy atom. The predicted octanol–water partition coefficient (Wildman–Crippen LogP) is 4.37. The molecule has 2 aromatic rings. The maximum absolute atomic E-state index is 13.8. The standard InChI is InChI=1S/C18H17ClFNO2/c1-23-16-9-6-13(10-15(16)20)18(22)21-17(11-2-3-11)12-4-7-14(19)8-5-12/h4-11,17H,2-3H2,1H3,(H,21,22)/t17-/m0/s1. The van der Waals surface area contributed by atoms with Gasteiger partial charge in [0.05, 0.1) is 13.2 Å². The van der Waals surface area contributed by atoms with Crippen molar-refractivity contribution in [2.75, 3.05) is 7.11 Å². The molecule has 23 heavy (non-hydrogen) atoms. The van der Waals surface area contributed by atoms with Gasteiger partial charge in [-0.25, -0.2) is 4.39 Å². The topological polar surface area (TPSA) is 38.3 Å². The van der Waals surface area contributed by atoms with Gasteiger partial charge in [0.25, 0.3) is 5.91 Å². The van der Waals surface area contributed by atoms with Crippen molar-refractivity contribution in [3.8, 4) is 5.75 Å². The second-order valence-corrected chi connectivity index (χ2v) is 6.13. The van der Waals surface area contributed by atoms with E-state index in [-0.39, 0.29) is 23.3 Å². The Balaban J connectivity index is 1.79. The molecule has 1 amide bonds. The molecule has 0 aromatic heterocycles. The van der Waals surface area contributed by atoms with Gasteiger partial charge in [0.1, 0.15) is 0 Å². The maximum atomic E-state index is 13.8. The molecule has 3 rings (SSSR count). The normalized spacial score (nSPS) is 15.1. The summed E-state index contributed by atoms with van der Waals surface area (Å²) in [4.78, 5) is 12.4. The van der Waals surface area contributed by atoms with E-state index >= 15 is 0 Å². The first kappa shape index (κ1) is 15.8. The van der Waals surface area contributed by atoms with Gasteiger partial charge in [0, 0.05) is 10.6 Å². The minimum absolute atomic E-state index is 0.0788. The lowest BCUT2D eigenvalue weighted by Gasteiger charge is -2.19. The number of benzene rings is 2. The van der Waals surface area contributed by atoms with Gasteiger partial charge in [-0.15, -0.1) is 0 Å². The summed E-state index contributed by atoms with van der Waals surface area (Å²) in [7, 11) is 1.39. The molecule has 120 valence electrons. The van der Waals surface area contributed by atoms with E-state index in [1.165, 1.54) is 19.2 Å². The summed E-state index contributed by atoms with van der Waals surface area (Å²) in [6, 6.07) is 11.6. The first-order valence-corrected chi connectivity index (χ1v) is 7.86. The molecule has 0 bridgehead atoms. The largest absolute Gasteiger partial charge is 0.494 e. The van der Waals surface area contributed by atoms with Crippen molar-refractivity contribution < 1.29 is 13.9 Å². The fraction of sp³-hybridized carbons (Fsp3) is 0.278. The fourth-order valence-electron chi connectivity index (χ4n) is 2.61. The van der Waals surface area contributed by atoms with Crippen molar-refractivity contribution in [3.05, 3.63) is 64.4 Å². The summed E-state index contributed by atoms with van der Waals surface area (Å²) in [5.74, 6) is -0.297. The third kappa shape index (κ3) is 3.64. The van der Waals surface area contributed by atoms with Crippen LogP contribution in [0.3, 0.4) is 0 Å². The van der Waals surface area contributed by atoms with Crippen molar-refractivity contribution in [2.24, 2.45) is 5.92 Å². The minimum Gasteiger partial charge on any atom is -0.494 e. The number of ether oxygens (including phenoxy) is 1. The number of hydrogen-bond donors (Lipinski definition) is 1. The SMILES string of the molecule is COc1ccc(C(=O)N[C@H](c2ccc(Cl)cc2)C2CC2)cc1F. The first-order valence-electron chi connectivity index (χ1n) is 7.48. The molecule has 1 fully saturated rings. The third-order valence-corrected chi connectivity index (χ3v) is 4.28. The highest BCUT2D eigenvalue weighted by molar-refractivity contribution is 6.30. The monoisotopic (exact) mass is 333 g/mol. The Morgan fingerprint density at radius 3 is 2.52 bits per heavy atom. The van der Waals surface area contributed by atoms with Crippen LogP contribution in [0.2, 0.25) is 5.02 Å². The van der Waals surface area contributed by atoms with Gasteiger partial charge in [-0.1, -0.05) is 23.7 Å². The summed E-state index contributed by atoms with van der Waals surface area (Å²) >= 11 is 5.92. The summed E-state index contributed by atoms with van der Waals surface area (Å²) in [5.41, 5.74) is 1.29. The molecule has 1 aliphatic carbocycles. The molecule has 1 aliphatic rings. The summed E-state index contributed by atoms with van der Waals surface area (Å²) in [6.45, 7) is 0. The first-order chi connectivity index (χ1) is 11.1. The number of halogens is 2. The second-order valence-electron chi connectivity index (χ2n) is 5.69. The molecule has 1 saturated carbocycles. The van der Waals surface area contributed by atoms with Crippen LogP contribution in [0.15, 0.2) is 42.5 Å². The van der Waals surface area contributed by atoms with E-state index in [0.717, 1.165) is 18.4 Å². The number of hydrogen-bond acceptors (Lipinski definition) is 2. The van der Waals surface area contributed by atoms with E-state index in [1.54, 1.807) is 6.07 Å². The van der Waals surface area contributed by atoms with E-state index in [4.69, 9.17) is 16.3 Å². The summed E-state index contributed by atoms with van der Waals surface area (Å²) in [5, 5.41) is 3.67. The van der Waals surface area contributed by atoms with Crippen molar-refractivity contribution in [1.29, 1.82) is 0 Å². The molecular formula is C18H17ClFNO2. The Hall–Kier alpha value is -2.07.